The van der Waals surface area contributed by atoms with Crippen LogP contribution in [-0.2, 0) is 0 Å². The molecule has 1 aromatic heterocycles. The fourth-order valence-electron chi connectivity index (χ4n) is 3.56. The fourth-order valence-corrected chi connectivity index (χ4v) is 3.76. The van der Waals surface area contributed by atoms with E-state index in [0.717, 1.165) is 33.5 Å². The van der Waals surface area contributed by atoms with E-state index in [9.17, 15) is 4.79 Å². The van der Waals surface area contributed by atoms with Gasteiger partial charge >= 0.3 is 0 Å². The lowest BCUT2D eigenvalue weighted by molar-refractivity contribution is 0.0976. The van der Waals surface area contributed by atoms with Gasteiger partial charge in [0.25, 0.3) is 5.91 Å². The van der Waals surface area contributed by atoms with Crippen molar-refractivity contribution in [2.75, 3.05) is 18.5 Å². The lowest BCUT2D eigenvalue weighted by atomic mass is 10.1. The molecule has 0 spiro atoms. The van der Waals surface area contributed by atoms with Crippen molar-refractivity contribution in [1.29, 1.82) is 0 Å². The molecule has 7 nitrogen and oxygen atoms in total. The molecule has 3 aromatic carbocycles. The number of amides is 1. The normalized spacial score (nSPS) is 12.4. The van der Waals surface area contributed by atoms with E-state index in [2.05, 4.69) is 15.6 Å². The molecule has 0 saturated heterocycles. The van der Waals surface area contributed by atoms with Crippen molar-refractivity contribution in [1.82, 2.24) is 10.3 Å². The SMILES string of the molecule is Cc1ccc2nc(-c3ccc(C)c(NC(=S)NC(=O)c4ccc5c(c4)OCCO5)c3)oc2c1. The van der Waals surface area contributed by atoms with E-state index in [-0.39, 0.29) is 11.0 Å². The largest absolute Gasteiger partial charge is 0.486 e. The predicted octanol–water partition coefficient (Wildman–Crippen LogP) is 5.01. The summed E-state index contributed by atoms with van der Waals surface area (Å²) >= 11 is 5.38. The number of thiocarbonyl (C=S) groups is 1. The second-order valence-electron chi connectivity index (χ2n) is 7.79. The highest BCUT2D eigenvalue weighted by molar-refractivity contribution is 7.80. The first-order chi connectivity index (χ1) is 16.0. The molecular weight excluding hydrogens is 438 g/mol. The van der Waals surface area contributed by atoms with E-state index in [1.54, 1.807) is 18.2 Å². The van der Waals surface area contributed by atoms with Crippen molar-refractivity contribution in [2.24, 2.45) is 0 Å². The molecule has 0 atom stereocenters. The lowest BCUT2D eigenvalue weighted by Gasteiger charge is -2.19. The molecule has 0 aliphatic carbocycles. The number of rotatable bonds is 3. The van der Waals surface area contributed by atoms with E-state index in [4.69, 9.17) is 26.1 Å². The minimum absolute atomic E-state index is 0.184. The van der Waals surface area contributed by atoms with Gasteiger partial charge in [-0.2, -0.15) is 0 Å². The van der Waals surface area contributed by atoms with Gasteiger partial charge in [-0.15, -0.1) is 0 Å². The zero-order valence-electron chi connectivity index (χ0n) is 18.1. The van der Waals surface area contributed by atoms with Crippen molar-refractivity contribution < 1.29 is 18.7 Å². The molecule has 1 aliphatic heterocycles. The van der Waals surface area contributed by atoms with Gasteiger partial charge in [0.05, 0.1) is 0 Å². The number of aryl methyl sites for hydroxylation is 2. The van der Waals surface area contributed by atoms with Gasteiger partial charge in [-0.05, 0) is 79.7 Å². The molecule has 0 radical (unpaired) electrons. The molecule has 0 fully saturated rings. The summed E-state index contributed by atoms with van der Waals surface area (Å²) in [6, 6.07) is 16.7. The number of nitrogens with one attached hydrogen (secondary N) is 2. The van der Waals surface area contributed by atoms with E-state index in [0.29, 0.717) is 36.2 Å². The number of aromatic nitrogens is 1. The fraction of sp³-hybridized carbons (Fsp3) is 0.160. The quantitative estimate of drug-likeness (QED) is 0.417. The zero-order valence-corrected chi connectivity index (χ0v) is 18.9. The molecule has 1 aliphatic rings. The van der Waals surface area contributed by atoms with E-state index in [1.807, 2.05) is 50.2 Å². The average molecular weight is 460 g/mol. The first-order valence-electron chi connectivity index (χ1n) is 10.5. The number of hydrogen-bond acceptors (Lipinski definition) is 6. The Hall–Kier alpha value is -3.91. The number of benzene rings is 3. The Balaban J connectivity index is 1.32. The van der Waals surface area contributed by atoms with E-state index >= 15 is 0 Å². The van der Waals surface area contributed by atoms with Crippen LogP contribution in [0.25, 0.3) is 22.6 Å². The maximum Gasteiger partial charge on any atom is 0.257 e. The third-order valence-corrected chi connectivity index (χ3v) is 5.51. The van der Waals surface area contributed by atoms with Crippen LogP contribution in [0.5, 0.6) is 11.5 Å². The van der Waals surface area contributed by atoms with Crippen LogP contribution in [0.3, 0.4) is 0 Å². The molecule has 0 bridgehead atoms. The predicted molar refractivity (Wildman–Crippen MR) is 130 cm³/mol. The van der Waals surface area contributed by atoms with Crippen LogP contribution in [0.4, 0.5) is 5.69 Å². The number of oxazole rings is 1. The number of fused-ring (bicyclic) bond motifs is 2. The van der Waals surface area contributed by atoms with Crippen LogP contribution in [0.2, 0.25) is 0 Å². The summed E-state index contributed by atoms with van der Waals surface area (Å²) < 4.78 is 17.0. The van der Waals surface area contributed by atoms with Crippen molar-refractivity contribution in [3.8, 4) is 23.0 Å². The minimum atomic E-state index is -0.340. The van der Waals surface area contributed by atoms with Gasteiger partial charge in [0, 0.05) is 16.8 Å². The van der Waals surface area contributed by atoms with Crippen molar-refractivity contribution in [2.45, 2.75) is 13.8 Å². The monoisotopic (exact) mass is 459 g/mol. The lowest BCUT2D eigenvalue weighted by Crippen LogP contribution is -2.34. The number of nitrogens with zero attached hydrogens (tertiary/aromatic N) is 1. The number of ether oxygens (including phenoxy) is 2. The molecule has 33 heavy (non-hydrogen) atoms. The molecule has 2 N–H and O–H groups in total. The first kappa shape index (κ1) is 21.0. The molecule has 2 heterocycles. The summed E-state index contributed by atoms with van der Waals surface area (Å²) in [5, 5.41) is 6.00. The van der Waals surface area contributed by atoms with Gasteiger partial charge in [0.15, 0.2) is 22.2 Å². The zero-order chi connectivity index (χ0) is 22.9. The van der Waals surface area contributed by atoms with Crippen molar-refractivity contribution in [3.63, 3.8) is 0 Å². The second-order valence-corrected chi connectivity index (χ2v) is 8.19. The summed E-state index contributed by atoms with van der Waals surface area (Å²) in [6.45, 7) is 4.91. The van der Waals surface area contributed by atoms with Crippen LogP contribution in [0, 0.1) is 13.8 Å². The number of hydrogen-bond donors (Lipinski definition) is 2. The molecule has 5 rings (SSSR count). The summed E-state index contributed by atoms with van der Waals surface area (Å²) in [6.07, 6.45) is 0. The van der Waals surface area contributed by atoms with Gasteiger partial charge in [0.2, 0.25) is 5.89 Å². The molecule has 1 amide bonds. The molecule has 0 unspecified atom stereocenters. The Morgan fingerprint density at radius 1 is 0.970 bits per heavy atom. The molecule has 8 heteroatoms. The Labute approximate surface area is 195 Å². The smallest absolute Gasteiger partial charge is 0.257 e. The van der Waals surface area contributed by atoms with Crippen molar-refractivity contribution in [3.05, 3.63) is 71.3 Å². The Kier molecular flexibility index (Phi) is 5.43. The highest BCUT2D eigenvalue weighted by Crippen LogP contribution is 2.31. The van der Waals surface area contributed by atoms with E-state index < -0.39 is 0 Å². The molecule has 0 saturated carbocycles. The van der Waals surface area contributed by atoms with Gasteiger partial charge in [-0.25, -0.2) is 4.98 Å². The Morgan fingerprint density at radius 2 is 1.79 bits per heavy atom. The van der Waals surface area contributed by atoms with E-state index in [1.165, 1.54) is 0 Å². The number of carbonyl (C=O) groups excluding carboxylic acids is 1. The highest BCUT2D eigenvalue weighted by Gasteiger charge is 2.16. The van der Waals surface area contributed by atoms with Crippen LogP contribution in [-0.4, -0.2) is 29.2 Å². The van der Waals surface area contributed by atoms with Gasteiger partial charge in [-0.3, -0.25) is 10.1 Å². The highest BCUT2D eigenvalue weighted by atomic mass is 32.1. The Bertz CT molecular complexity index is 1400. The summed E-state index contributed by atoms with van der Waals surface area (Å²) in [5.41, 5.74) is 5.58. The van der Waals surface area contributed by atoms with Crippen LogP contribution < -0.4 is 20.1 Å². The van der Waals surface area contributed by atoms with Crippen LogP contribution in [0.1, 0.15) is 21.5 Å². The van der Waals surface area contributed by atoms with Crippen LogP contribution in [0.15, 0.2) is 59.0 Å². The van der Waals surface area contributed by atoms with Crippen molar-refractivity contribution >= 4 is 40.0 Å². The number of carbonyl (C=O) groups is 1. The second kappa shape index (κ2) is 8.55. The number of anilines is 1. The third-order valence-electron chi connectivity index (χ3n) is 5.31. The maximum absolute atomic E-state index is 12.7. The minimum Gasteiger partial charge on any atom is -0.486 e. The molecule has 4 aromatic rings. The van der Waals surface area contributed by atoms with Gasteiger partial charge in [0.1, 0.15) is 18.7 Å². The summed E-state index contributed by atoms with van der Waals surface area (Å²) in [7, 11) is 0. The summed E-state index contributed by atoms with van der Waals surface area (Å²) in [4.78, 5) is 17.2. The molecular formula is C25H21N3O4S. The molecule has 166 valence electrons. The average Bonchev–Trinajstić information content (AvgIpc) is 3.23. The Morgan fingerprint density at radius 3 is 2.64 bits per heavy atom. The van der Waals surface area contributed by atoms with Gasteiger partial charge < -0.3 is 19.2 Å². The first-order valence-corrected chi connectivity index (χ1v) is 10.9. The van der Waals surface area contributed by atoms with Gasteiger partial charge in [-0.1, -0.05) is 12.1 Å². The maximum atomic E-state index is 12.7. The third kappa shape index (κ3) is 4.38. The standard InChI is InChI=1S/C25H21N3O4S/c1-14-3-7-18-21(11-14)32-24(26-18)17-5-4-15(2)19(12-17)27-25(33)28-23(29)16-6-8-20-22(13-16)31-10-9-30-20/h3-8,11-13H,9-10H2,1-2H3,(H2,27,28,29,33). The van der Waals surface area contributed by atoms with Crippen LogP contribution >= 0.6 is 12.2 Å². The topological polar surface area (TPSA) is 85.6 Å². The summed E-state index contributed by atoms with van der Waals surface area (Å²) in [5.74, 6) is 1.35.